The summed E-state index contributed by atoms with van der Waals surface area (Å²) in [7, 11) is 0. The van der Waals surface area contributed by atoms with Crippen molar-refractivity contribution in [3.63, 3.8) is 0 Å². The predicted octanol–water partition coefficient (Wildman–Crippen LogP) is 0.182. The smallest absolute Gasteiger partial charge is 0.309 e. The molecule has 1 aliphatic carbocycles. The lowest BCUT2D eigenvalue weighted by molar-refractivity contribution is -0.139. The molecule has 0 amide bonds. The van der Waals surface area contributed by atoms with Crippen molar-refractivity contribution < 1.29 is 14.6 Å². The van der Waals surface area contributed by atoms with E-state index in [1.807, 2.05) is 0 Å². The molecule has 2 rings (SSSR count). The number of aliphatic carboxylic acids is 1. The van der Waals surface area contributed by atoms with Crippen LogP contribution in [0.3, 0.4) is 0 Å². The normalized spacial score (nSPS) is 32.6. The van der Waals surface area contributed by atoms with Gasteiger partial charge in [-0.1, -0.05) is 0 Å². The number of likely N-dealkylation sites (tertiary alicyclic amines) is 1. The first-order valence-electron chi connectivity index (χ1n) is 4.84. The first-order valence-corrected chi connectivity index (χ1v) is 4.84. The summed E-state index contributed by atoms with van der Waals surface area (Å²) in [5.74, 6) is -0.939. The molecule has 2 atom stereocenters. The average Bonchev–Trinajstić information content (AvgIpc) is 2.73. The number of hydrogen-bond acceptors (Lipinski definition) is 3. The van der Waals surface area contributed by atoms with Gasteiger partial charge in [0.05, 0.1) is 18.6 Å². The fourth-order valence-electron chi connectivity index (χ4n) is 1.55. The number of carboxylic acids is 1. The van der Waals surface area contributed by atoms with E-state index in [0.29, 0.717) is 13.0 Å². The Morgan fingerprint density at radius 3 is 2.77 bits per heavy atom. The zero-order valence-corrected chi connectivity index (χ0v) is 7.61. The van der Waals surface area contributed by atoms with Crippen molar-refractivity contribution in [2.75, 3.05) is 26.2 Å². The van der Waals surface area contributed by atoms with Crippen LogP contribution in [0.5, 0.6) is 0 Å². The molecule has 1 aliphatic heterocycles. The van der Waals surface area contributed by atoms with Crippen molar-refractivity contribution >= 4 is 5.97 Å². The topological polar surface area (TPSA) is 49.8 Å². The first kappa shape index (κ1) is 8.97. The Morgan fingerprint density at radius 2 is 2.31 bits per heavy atom. The summed E-state index contributed by atoms with van der Waals surface area (Å²) in [5, 5.41) is 8.60. The van der Waals surface area contributed by atoms with Crippen LogP contribution in [0.1, 0.15) is 12.8 Å². The zero-order valence-electron chi connectivity index (χ0n) is 7.61. The Balaban J connectivity index is 1.52. The van der Waals surface area contributed by atoms with Gasteiger partial charge in [-0.2, -0.15) is 0 Å². The number of hydrogen-bond donors (Lipinski definition) is 1. The van der Waals surface area contributed by atoms with Crippen molar-refractivity contribution in [1.82, 2.24) is 4.90 Å². The molecule has 0 spiro atoms. The van der Waals surface area contributed by atoms with E-state index in [-0.39, 0.29) is 12.0 Å². The highest BCUT2D eigenvalue weighted by atomic mass is 16.5. The van der Waals surface area contributed by atoms with Gasteiger partial charge < -0.3 is 14.7 Å². The van der Waals surface area contributed by atoms with Crippen LogP contribution >= 0.6 is 0 Å². The molecule has 0 bridgehead atoms. The largest absolute Gasteiger partial charge is 0.481 e. The lowest BCUT2D eigenvalue weighted by atomic mass is 10.2. The summed E-state index contributed by atoms with van der Waals surface area (Å²) in [4.78, 5) is 12.8. The van der Waals surface area contributed by atoms with Gasteiger partial charge in [-0.05, 0) is 25.9 Å². The van der Waals surface area contributed by atoms with Crippen LogP contribution < -0.4 is 0 Å². The maximum atomic E-state index is 10.4. The van der Waals surface area contributed by atoms with E-state index in [1.165, 1.54) is 19.5 Å². The van der Waals surface area contributed by atoms with Crippen LogP contribution in [-0.4, -0.2) is 48.3 Å². The minimum absolute atomic E-state index is 0.00113. The van der Waals surface area contributed by atoms with Crippen molar-refractivity contribution in [1.29, 1.82) is 0 Å². The van der Waals surface area contributed by atoms with Crippen LogP contribution in [0.25, 0.3) is 0 Å². The van der Waals surface area contributed by atoms with Crippen molar-refractivity contribution in [2.24, 2.45) is 5.92 Å². The van der Waals surface area contributed by atoms with Crippen LogP contribution in [0, 0.1) is 5.92 Å². The molecule has 4 heteroatoms. The van der Waals surface area contributed by atoms with Gasteiger partial charge in [0.25, 0.3) is 0 Å². The monoisotopic (exact) mass is 185 g/mol. The van der Waals surface area contributed by atoms with E-state index >= 15 is 0 Å². The van der Waals surface area contributed by atoms with E-state index < -0.39 is 5.97 Å². The second-order valence-electron chi connectivity index (χ2n) is 3.78. The highest BCUT2D eigenvalue weighted by Crippen LogP contribution is 2.33. The Labute approximate surface area is 77.5 Å². The van der Waals surface area contributed by atoms with Gasteiger partial charge in [-0.25, -0.2) is 0 Å². The maximum Gasteiger partial charge on any atom is 0.309 e. The number of carbonyl (C=O) groups is 1. The molecule has 0 aromatic rings. The standard InChI is InChI=1S/C9H15NO3/c11-9(12)7-6-8(7)13-5-4-10-2-1-3-10/h7-8H,1-6H2,(H,11,12)/t7-,8-/m1/s1. The minimum atomic E-state index is -0.714. The molecular formula is C9H15NO3. The van der Waals surface area contributed by atoms with E-state index in [9.17, 15) is 4.79 Å². The summed E-state index contributed by atoms with van der Waals surface area (Å²) in [6, 6.07) is 0. The Morgan fingerprint density at radius 1 is 1.54 bits per heavy atom. The van der Waals surface area contributed by atoms with Crippen molar-refractivity contribution in [2.45, 2.75) is 18.9 Å². The molecule has 1 N–H and O–H groups in total. The van der Waals surface area contributed by atoms with E-state index in [4.69, 9.17) is 9.84 Å². The Hall–Kier alpha value is -0.610. The van der Waals surface area contributed by atoms with Crippen LogP contribution in [0.15, 0.2) is 0 Å². The lowest BCUT2D eigenvalue weighted by Crippen LogP contribution is -2.39. The highest BCUT2D eigenvalue weighted by molar-refractivity contribution is 5.74. The Bertz CT molecular complexity index is 203. The fraction of sp³-hybridized carbons (Fsp3) is 0.889. The molecule has 74 valence electrons. The molecule has 0 radical (unpaired) electrons. The third-order valence-corrected chi connectivity index (χ3v) is 2.74. The van der Waals surface area contributed by atoms with Crippen LogP contribution in [-0.2, 0) is 9.53 Å². The predicted molar refractivity (Wildman–Crippen MR) is 46.5 cm³/mol. The van der Waals surface area contributed by atoms with Gasteiger partial charge >= 0.3 is 5.97 Å². The van der Waals surface area contributed by atoms with Gasteiger partial charge in [-0.15, -0.1) is 0 Å². The average molecular weight is 185 g/mol. The third-order valence-electron chi connectivity index (χ3n) is 2.74. The molecule has 13 heavy (non-hydrogen) atoms. The fourth-order valence-corrected chi connectivity index (χ4v) is 1.55. The van der Waals surface area contributed by atoms with E-state index in [1.54, 1.807) is 0 Å². The number of nitrogens with zero attached hydrogens (tertiary/aromatic N) is 1. The first-order chi connectivity index (χ1) is 6.27. The summed E-state index contributed by atoms with van der Waals surface area (Å²) < 4.78 is 5.41. The summed E-state index contributed by atoms with van der Waals surface area (Å²) >= 11 is 0. The molecule has 2 fully saturated rings. The summed E-state index contributed by atoms with van der Waals surface area (Å²) in [6.45, 7) is 4.00. The third kappa shape index (κ3) is 2.19. The molecule has 2 aliphatic rings. The highest BCUT2D eigenvalue weighted by Gasteiger charge is 2.44. The Kier molecular flexibility index (Phi) is 2.51. The minimum Gasteiger partial charge on any atom is -0.481 e. The van der Waals surface area contributed by atoms with Crippen LogP contribution in [0.4, 0.5) is 0 Å². The quantitative estimate of drug-likeness (QED) is 0.664. The maximum absolute atomic E-state index is 10.4. The van der Waals surface area contributed by atoms with E-state index in [0.717, 1.165) is 6.54 Å². The molecular weight excluding hydrogens is 170 g/mol. The number of carboxylic acid groups (broad SMARTS) is 1. The molecule has 4 nitrogen and oxygen atoms in total. The second-order valence-corrected chi connectivity index (χ2v) is 3.78. The van der Waals surface area contributed by atoms with Crippen molar-refractivity contribution in [3.05, 3.63) is 0 Å². The molecule has 0 aromatic carbocycles. The number of ether oxygens (including phenoxy) is 1. The van der Waals surface area contributed by atoms with Gasteiger partial charge in [0.15, 0.2) is 0 Å². The van der Waals surface area contributed by atoms with E-state index in [2.05, 4.69) is 4.90 Å². The molecule has 1 heterocycles. The molecule has 0 unspecified atom stereocenters. The summed E-state index contributed by atoms with van der Waals surface area (Å²) in [5.41, 5.74) is 0. The lowest BCUT2D eigenvalue weighted by Gasteiger charge is -2.30. The molecule has 1 saturated carbocycles. The van der Waals surface area contributed by atoms with Gasteiger partial charge in [0, 0.05) is 6.54 Å². The van der Waals surface area contributed by atoms with Crippen LogP contribution in [0.2, 0.25) is 0 Å². The SMILES string of the molecule is O=C(O)[C@@H]1C[C@H]1OCCN1CCC1. The molecule has 0 aromatic heterocycles. The van der Waals surface area contributed by atoms with Gasteiger partial charge in [0.1, 0.15) is 0 Å². The van der Waals surface area contributed by atoms with Gasteiger partial charge in [-0.3, -0.25) is 4.79 Å². The summed E-state index contributed by atoms with van der Waals surface area (Å²) in [6.07, 6.45) is 2.00. The zero-order chi connectivity index (χ0) is 9.26. The molecule has 1 saturated heterocycles. The van der Waals surface area contributed by atoms with Gasteiger partial charge in [0.2, 0.25) is 0 Å². The number of rotatable bonds is 5. The van der Waals surface area contributed by atoms with Crippen molar-refractivity contribution in [3.8, 4) is 0 Å². The second kappa shape index (κ2) is 3.64.